The van der Waals surface area contributed by atoms with E-state index in [0.29, 0.717) is 6.04 Å². The van der Waals surface area contributed by atoms with Crippen molar-refractivity contribution in [2.24, 2.45) is 0 Å². The molecule has 0 radical (unpaired) electrons. The Morgan fingerprint density at radius 1 is 1.30 bits per heavy atom. The summed E-state index contributed by atoms with van der Waals surface area (Å²) in [5, 5.41) is 3.54. The summed E-state index contributed by atoms with van der Waals surface area (Å²) in [5.41, 5.74) is 3.88. The molecule has 2 atom stereocenters. The fourth-order valence-corrected chi connectivity index (χ4v) is 2.64. The smallest absolute Gasteiger partial charge is 0.123 e. The summed E-state index contributed by atoms with van der Waals surface area (Å²) in [6.45, 7) is 5.15. The molecule has 1 aromatic carbocycles. The van der Waals surface area contributed by atoms with Crippen LogP contribution >= 0.6 is 0 Å². The SMILES string of the molecule is Cc1ccc2c(c1)CC(CN[C@H](C)c1ccncc1)O2. The standard InChI is InChI=1S/C17H20N2O/c1-12-3-4-17-15(9-12)10-16(20-17)11-19-13(2)14-5-7-18-8-6-14/h3-9,13,16,19H,10-11H2,1-2H3/t13-,16?/m1/s1. The summed E-state index contributed by atoms with van der Waals surface area (Å²) in [6.07, 6.45) is 4.89. The van der Waals surface area contributed by atoms with Crippen molar-refractivity contribution in [3.05, 3.63) is 59.4 Å². The van der Waals surface area contributed by atoms with Gasteiger partial charge in [-0.1, -0.05) is 17.7 Å². The van der Waals surface area contributed by atoms with Crippen LogP contribution in [0, 0.1) is 6.92 Å². The van der Waals surface area contributed by atoms with Gasteiger partial charge >= 0.3 is 0 Å². The van der Waals surface area contributed by atoms with Crippen LogP contribution < -0.4 is 10.1 Å². The quantitative estimate of drug-likeness (QED) is 0.925. The first-order valence-corrected chi connectivity index (χ1v) is 7.12. The lowest BCUT2D eigenvalue weighted by atomic mass is 10.1. The second-order valence-electron chi connectivity index (χ2n) is 5.47. The molecule has 3 nitrogen and oxygen atoms in total. The maximum absolute atomic E-state index is 5.97. The van der Waals surface area contributed by atoms with Crippen molar-refractivity contribution in [3.8, 4) is 5.75 Å². The normalized spacial score (nSPS) is 18.4. The Hall–Kier alpha value is -1.87. The average Bonchev–Trinajstić information content (AvgIpc) is 2.87. The number of nitrogens with zero attached hydrogens (tertiary/aromatic N) is 1. The number of nitrogens with one attached hydrogen (secondary N) is 1. The van der Waals surface area contributed by atoms with Crippen molar-refractivity contribution in [1.82, 2.24) is 10.3 Å². The number of aromatic nitrogens is 1. The highest BCUT2D eigenvalue weighted by Gasteiger charge is 2.23. The molecular weight excluding hydrogens is 248 g/mol. The molecule has 0 amide bonds. The lowest BCUT2D eigenvalue weighted by Gasteiger charge is -2.17. The van der Waals surface area contributed by atoms with Gasteiger partial charge in [-0.3, -0.25) is 4.98 Å². The third-order valence-corrected chi connectivity index (χ3v) is 3.82. The minimum atomic E-state index is 0.232. The molecule has 2 heterocycles. The van der Waals surface area contributed by atoms with E-state index >= 15 is 0 Å². The molecule has 1 aliphatic rings. The minimum absolute atomic E-state index is 0.232. The van der Waals surface area contributed by atoms with Crippen molar-refractivity contribution >= 4 is 0 Å². The number of aryl methyl sites for hydroxylation is 1. The van der Waals surface area contributed by atoms with Crippen LogP contribution in [0.3, 0.4) is 0 Å². The lowest BCUT2D eigenvalue weighted by Crippen LogP contribution is -2.31. The highest BCUT2D eigenvalue weighted by molar-refractivity contribution is 5.40. The predicted molar refractivity (Wildman–Crippen MR) is 80.0 cm³/mol. The zero-order valence-corrected chi connectivity index (χ0v) is 12.0. The van der Waals surface area contributed by atoms with Gasteiger partial charge in [0, 0.05) is 31.4 Å². The highest BCUT2D eigenvalue weighted by atomic mass is 16.5. The van der Waals surface area contributed by atoms with Crippen LogP contribution in [0.15, 0.2) is 42.7 Å². The molecule has 0 saturated carbocycles. The molecule has 3 rings (SSSR count). The van der Waals surface area contributed by atoms with Gasteiger partial charge in [0.15, 0.2) is 0 Å². The number of ether oxygens (including phenoxy) is 1. The van der Waals surface area contributed by atoms with E-state index in [1.807, 2.05) is 24.5 Å². The number of hydrogen-bond acceptors (Lipinski definition) is 3. The monoisotopic (exact) mass is 268 g/mol. The van der Waals surface area contributed by atoms with Gasteiger partial charge in [0.25, 0.3) is 0 Å². The number of hydrogen-bond donors (Lipinski definition) is 1. The van der Waals surface area contributed by atoms with Gasteiger partial charge in [-0.2, -0.15) is 0 Å². The summed E-state index contributed by atoms with van der Waals surface area (Å²) in [7, 11) is 0. The molecule has 3 heteroatoms. The van der Waals surface area contributed by atoms with Crippen molar-refractivity contribution in [3.63, 3.8) is 0 Å². The van der Waals surface area contributed by atoms with Gasteiger partial charge in [-0.15, -0.1) is 0 Å². The molecule has 0 bridgehead atoms. The molecular formula is C17H20N2O. The largest absolute Gasteiger partial charge is 0.488 e. The summed E-state index contributed by atoms with van der Waals surface area (Å²) < 4.78 is 5.97. The Morgan fingerprint density at radius 2 is 2.10 bits per heavy atom. The van der Waals surface area contributed by atoms with E-state index < -0.39 is 0 Å². The molecule has 0 fully saturated rings. The average molecular weight is 268 g/mol. The van der Waals surface area contributed by atoms with E-state index in [0.717, 1.165) is 18.7 Å². The van der Waals surface area contributed by atoms with Crippen LogP contribution in [-0.2, 0) is 6.42 Å². The summed E-state index contributed by atoms with van der Waals surface area (Å²) in [5.74, 6) is 1.04. The Bertz CT molecular complexity index is 583. The van der Waals surface area contributed by atoms with Crippen LogP contribution in [0.25, 0.3) is 0 Å². The number of rotatable bonds is 4. The molecule has 1 N–H and O–H groups in total. The Labute approximate surface area is 120 Å². The van der Waals surface area contributed by atoms with Crippen LogP contribution in [-0.4, -0.2) is 17.6 Å². The van der Waals surface area contributed by atoms with E-state index in [2.05, 4.69) is 42.3 Å². The second kappa shape index (κ2) is 5.63. The topological polar surface area (TPSA) is 34.2 Å². The van der Waals surface area contributed by atoms with Gasteiger partial charge in [0.1, 0.15) is 11.9 Å². The van der Waals surface area contributed by atoms with Crippen LogP contribution in [0.2, 0.25) is 0 Å². The zero-order valence-electron chi connectivity index (χ0n) is 12.0. The molecule has 1 unspecified atom stereocenters. The fourth-order valence-electron chi connectivity index (χ4n) is 2.64. The predicted octanol–water partition coefficient (Wildman–Crippen LogP) is 3.04. The molecule has 2 aromatic rings. The van der Waals surface area contributed by atoms with E-state index in [9.17, 15) is 0 Å². The van der Waals surface area contributed by atoms with E-state index in [1.54, 1.807) is 0 Å². The van der Waals surface area contributed by atoms with Crippen LogP contribution in [0.5, 0.6) is 5.75 Å². The highest BCUT2D eigenvalue weighted by Crippen LogP contribution is 2.29. The van der Waals surface area contributed by atoms with Gasteiger partial charge in [-0.05, 0) is 43.2 Å². The van der Waals surface area contributed by atoms with E-state index in [1.165, 1.54) is 16.7 Å². The van der Waals surface area contributed by atoms with Crippen LogP contribution in [0.4, 0.5) is 0 Å². The summed E-state index contributed by atoms with van der Waals surface area (Å²) >= 11 is 0. The molecule has 20 heavy (non-hydrogen) atoms. The first-order chi connectivity index (χ1) is 9.72. The Morgan fingerprint density at radius 3 is 2.90 bits per heavy atom. The Kier molecular flexibility index (Phi) is 3.70. The van der Waals surface area contributed by atoms with E-state index in [4.69, 9.17) is 4.74 Å². The number of pyridine rings is 1. The van der Waals surface area contributed by atoms with E-state index in [-0.39, 0.29) is 6.10 Å². The Balaban J connectivity index is 1.56. The molecule has 1 aromatic heterocycles. The lowest BCUT2D eigenvalue weighted by molar-refractivity contribution is 0.222. The van der Waals surface area contributed by atoms with Crippen molar-refractivity contribution in [2.75, 3.05) is 6.54 Å². The fraction of sp³-hybridized carbons (Fsp3) is 0.353. The van der Waals surface area contributed by atoms with Gasteiger partial charge in [0.2, 0.25) is 0 Å². The second-order valence-corrected chi connectivity index (χ2v) is 5.47. The first-order valence-electron chi connectivity index (χ1n) is 7.12. The van der Waals surface area contributed by atoms with Gasteiger partial charge < -0.3 is 10.1 Å². The third-order valence-electron chi connectivity index (χ3n) is 3.82. The number of fused-ring (bicyclic) bond motifs is 1. The van der Waals surface area contributed by atoms with Crippen molar-refractivity contribution in [1.29, 1.82) is 0 Å². The first kappa shape index (κ1) is 13.1. The van der Waals surface area contributed by atoms with Crippen molar-refractivity contribution in [2.45, 2.75) is 32.4 Å². The third kappa shape index (κ3) is 2.83. The molecule has 0 spiro atoms. The maximum atomic E-state index is 5.97. The van der Waals surface area contributed by atoms with Crippen LogP contribution in [0.1, 0.15) is 29.7 Å². The summed E-state index contributed by atoms with van der Waals surface area (Å²) in [6, 6.07) is 10.8. The molecule has 1 aliphatic heterocycles. The minimum Gasteiger partial charge on any atom is -0.488 e. The molecule has 0 aliphatic carbocycles. The number of benzene rings is 1. The summed E-state index contributed by atoms with van der Waals surface area (Å²) in [4.78, 5) is 4.05. The molecule has 104 valence electrons. The van der Waals surface area contributed by atoms with Gasteiger partial charge in [0.05, 0.1) is 0 Å². The maximum Gasteiger partial charge on any atom is 0.123 e. The molecule has 0 saturated heterocycles. The van der Waals surface area contributed by atoms with Gasteiger partial charge in [-0.25, -0.2) is 0 Å². The van der Waals surface area contributed by atoms with Crippen molar-refractivity contribution < 1.29 is 4.74 Å². The zero-order chi connectivity index (χ0) is 13.9.